The second kappa shape index (κ2) is 30.1. The van der Waals surface area contributed by atoms with Crippen molar-refractivity contribution in [2.75, 3.05) is 40.9 Å². The number of amides is 1. The van der Waals surface area contributed by atoms with E-state index in [1.807, 2.05) is 27.2 Å². The van der Waals surface area contributed by atoms with Crippen LogP contribution in [-0.4, -0.2) is 68.5 Å². The maximum absolute atomic E-state index is 12.7. The van der Waals surface area contributed by atoms with Gasteiger partial charge in [0.05, 0.1) is 39.9 Å². The first-order chi connectivity index (χ1) is 22.0. The molecule has 0 fully saturated rings. The van der Waals surface area contributed by atoms with Crippen molar-refractivity contribution in [3.63, 3.8) is 0 Å². The molecule has 0 heterocycles. The van der Waals surface area contributed by atoms with Crippen LogP contribution in [0.1, 0.15) is 155 Å². The number of aliphatic hydroxyl groups excluding tert-OH is 1. The van der Waals surface area contributed by atoms with Gasteiger partial charge in [-0.15, -0.1) is 0 Å². The van der Waals surface area contributed by atoms with Gasteiger partial charge in [-0.05, 0) is 32.1 Å². The summed E-state index contributed by atoms with van der Waals surface area (Å²) in [5.41, 5.74) is 0. The van der Waals surface area contributed by atoms with Crippen molar-refractivity contribution in [2.45, 2.75) is 167 Å². The highest BCUT2D eigenvalue weighted by Crippen LogP contribution is 2.38. The summed E-state index contributed by atoms with van der Waals surface area (Å²) in [6, 6.07) is -0.895. The van der Waals surface area contributed by atoms with Crippen LogP contribution >= 0.6 is 7.82 Å². The predicted molar refractivity (Wildman–Crippen MR) is 192 cm³/mol. The zero-order valence-electron chi connectivity index (χ0n) is 30.5. The van der Waals surface area contributed by atoms with Crippen LogP contribution in [0.2, 0.25) is 0 Å². The maximum Gasteiger partial charge on any atom is 0.268 e. The van der Waals surface area contributed by atoms with Gasteiger partial charge in [0.25, 0.3) is 7.82 Å². The number of unbranched alkanes of at least 4 members (excludes halogenated alkanes) is 18. The van der Waals surface area contributed by atoms with Gasteiger partial charge in [-0.3, -0.25) is 9.36 Å². The van der Waals surface area contributed by atoms with E-state index in [2.05, 4.69) is 31.3 Å². The molecule has 0 aliphatic carbocycles. The van der Waals surface area contributed by atoms with Crippen molar-refractivity contribution in [1.29, 1.82) is 0 Å². The monoisotopic (exact) mass is 673 g/mol. The van der Waals surface area contributed by atoms with Gasteiger partial charge in [-0.1, -0.05) is 141 Å². The smallest absolute Gasteiger partial charge is 0.268 e. The average molecular weight is 673 g/mol. The third-order valence-corrected chi connectivity index (χ3v) is 9.13. The Morgan fingerprint density at radius 3 is 1.76 bits per heavy atom. The van der Waals surface area contributed by atoms with Crippen molar-refractivity contribution in [3.05, 3.63) is 24.3 Å². The summed E-state index contributed by atoms with van der Waals surface area (Å²) < 4.78 is 23.0. The number of carbonyl (C=O) groups is 1. The minimum absolute atomic E-state index is 0.00490. The number of allylic oxidation sites excluding steroid dienone is 3. The number of rotatable bonds is 33. The second-order valence-corrected chi connectivity index (χ2v) is 15.3. The van der Waals surface area contributed by atoms with Crippen LogP contribution in [0.15, 0.2) is 24.3 Å². The van der Waals surface area contributed by atoms with Crippen molar-refractivity contribution >= 4 is 13.7 Å². The lowest BCUT2D eigenvalue weighted by atomic mass is 10.1. The molecule has 1 amide bonds. The maximum atomic E-state index is 12.7. The third-order valence-electron chi connectivity index (χ3n) is 8.16. The molecule has 0 spiro atoms. The van der Waals surface area contributed by atoms with Crippen LogP contribution in [0.5, 0.6) is 0 Å². The highest BCUT2D eigenvalue weighted by molar-refractivity contribution is 7.45. The molecule has 0 aromatic heterocycles. The first-order valence-corrected chi connectivity index (χ1v) is 20.2. The van der Waals surface area contributed by atoms with Crippen LogP contribution in [-0.2, 0) is 18.4 Å². The molecule has 9 heteroatoms. The fourth-order valence-corrected chi connectivity index (χ4v) is 5.83. The Hall–Kier alpha value is -1.02. The number of carbonyl (C=O) groups excluding carboxylic acids is 1. The lowest BCUT2D eigenvalue weighted by Gasteiger charge is -2.29. The number of nitrogens with one attached hydrogen (secondary N) is 1. The van der Waals surface area contributed by atoms with E-state index >= 15 is 0 Å². The number of aliphatic hydroxyl groups is 1. The number of likely N-dealkylation sites (N-methyl/N-ethyl adjacent to an activating group) is 1. The summed E-state index contributed by atoms with van der Waals surface area (Å²) in [6.07, 6.45) is 32.2. The van der Waals surface area contributed by atoms with E-state index in [1.54, 1.807) is 6.08 Å². The van der Waals surface area contributed by atoms with Crippen LogP contribution in [0.4, 0.5) is 0 Å². The van der Waals surface area contributed by atoms with E-state index in [1.165, 1.54) is 96.3 Å². The summed E-state index contributed by atoms with van der Waals surface area (Å²) in [7, 11) is 1.24. The molecule has 2 N–H and O–H groups in total. The van der Waals surface area contributed by atoms with E-state index < -0.39 is 20.0 Å². The molecular weight excluding hydrogens is 599 g/mol. The molecule has 8 nitrogen and oxygen atoms in total. The van der Waals surface area contributed by atoms with Gasteiger partial charge < -0.3 is 28.8 Å². The third kappa shape index (κ3) is 31.6. The number of nitrogens with zero attached hydrogens (tertiary/aromatic N) is 1. The van der Waals surface area contributed by atoms with Crippen LogP contribution < -0.4 is 10.2 Å². The van der Waals surface area contributed by atoms with Gasteiger partial charge in [-0.25, -0.2) is 0 Å². The molecule has 0 radical (unpaired) electrons. The SMILES string of the molecule is CCCCCCCCCC/C=C/CC/C=C/[C@@H](O)[C@H](COP(=O)([O-])OCC[N+](C)(C)C)NC(=O)CCCCCCCCCCCC. The Labute approximate surface area is 284 Å². The topological polar surface area (TPSA) is 108 Å². The zero-order chi connectivity index (χ0) is 34.4. The summed E-state index contributed by atoms with van der Waals surface area (Å²) in [5, 5.41) is 13.6. The van der Waals surface area contributed by atoms with E-state index in [-0.39, 0.29) is 19.1 Å². The van der Waals surface area contributed by atoms with Gasteiger partial charge in [0, 0.05) is 6.42 Å². The van der Waals surface area contributed by atoms with E-state index in [0.29, 0.717) is 17.4 Å². The quantitative estimate of drug-likeness (QED) is 0.0312. The van der Waals surface area contributed by atoms with Gasteiger partial charge in [0.2, 0.25) is 5.91 Å². The van der Waals surface area contributed by atoms with E-state index in [9.17, 15) is 19.4 Å². The highest BCUT2D eigenvalue weighted by atomic mass is 31.2. The first kappa shape index (κ1) is 45.0. The number of hydrogen-bond donors (Lipinski definition) is 2. The molecule has 0 rings (SSSR count). The molecular formula is C37H73N2O6P. The zero-order valence-corrected chi connectivity index (χ0v) is 31.4. The Bertz CT molecular complexity index is 814. The highest BCUT2D eigenvalue weighted by Gasteiger charge is 2.23. The molecule has 0 saturated carbocycles. The molecule has 0 saturated heterocycles. The predicted octanol–water partition coefficient (Wildman–Crippen LogP) is 8.77. The molecule has 3 atom stereocenters. The lowest BCUT2D eigenvalue weighted by Crippen LogP contribution is -2.45. The van der Waals surface area contributed by atoms with Gasteiger partial charge >= 0.3 is 0 Å². The normalized spacial score (nSPS) is 15.0. The minimum Gasteiger partial charge on any atom is -0.756 e. The van der Waals surface area contributed by atoms with Crippen LogP contribution in [0, 0.1) is 0 Å². The fourth-order valence-electron chi connectivity index (χ4n) is 5.11. The van der Waals surface area contributed by atoms with Crippen molar-refractivity contribution in [2.24, 2.45) is 0 Å². The van der Waals surface area contributed by atoms with Crippen LogP contribution in [0.3, 0.4) is 0 Å². The molecule has 0 aliphatic rings. The number of hydrogen-bond acceptors (Lipinski definition) is 6. The summed E-state index contributed by atoms with van der Waals surface area (Å²) >= 11 is 0. The molecule has 0 aromatic carbocycles. The molecule has 46 heavy (non-hydrogen) atoms. The Morgan fingerprint density at radius 1 is 0.739 bits per heavy atom. The van der Waals surface area contributed by atoms with E-state index in [0.717, 1.165) is 38.5 Å². The first-order valence-electron chi connectivity index (χ1n) is 18.7. The molecule has 272 valence electrons. The summed E-state index contributed by atoms with van der Waals surface area (Å²) in [4.78, 5) is 25.1. The molecule has 0 aromatic rings. The Kier molecular flexibility index (Phi) is 29.4. The standard InChI is InChI=1S/C37H73N2O6P/c1-6-8-10-12-14-16-18-19-20-21-22-24-26-28-30-36(40)35(34-45-46(42,43)44-33-32-39(3,4)5)38-37(41)31-29-27-25-23-17-15-13-11-9-7-2/h21-22,28,30,35-36,40H,6-20,23-27,29,31-34H2,1-5H3,(H-,38,41,42,43)/b22-21+,30-28+/t35-,36+/m0/s1. The minimum atomic E-state index is -4.58. The van der Waals surface area contributed by atoms with Crippen molar-refractivity contribution in [1.82, 2.24) is 5.32 Å². The van der Waals surface area contributed by atoms with Crippen molar-refractivity contribution < 1.29 is 32.9 Å². The average Bonchev–Trinajstić information content (AvgIpc) is 2.99. The number of quaternary nitrogens is 1. The summed E-state index contributed by atoms with van der Waals surface area (Å²) in [5.74, 6) is -0.212. The Morgan fingerprint density at radius 2 is 1.22 bits per heavy atom. The molecule has 0 aliphatic heterocycles. The van der Waals surface area contributed by atoms with Gasteiger partial charge in [-0.2, -0.15) is 0 Å². The Balaban J connectivity index is 4.61. The lowest BCUT2D eigenvalue weighted by molar-refractivity contribution is -0.870. The second-order valence-electron chi connectivity index (χ2n) is 13.9. The van der Waals surface area contributed by atoms with Crippen LogP contribution in [0.25, 0.3) is 0 Å². The van der Waals surface area contributed by atoms with Crippen molar-refractivity contribution in [3.8, 4) is 0 Å². The number of phosphoric acid groups is 1. The summed E-state index contributed by atoms with van der Waals surface area (Å²) in [6.45, 7) is 4.58. The fraction of sp³-hybridized carbons (Fsp3) is 0.865. The van der Waals surface area contributed by atoms with E-state index in [4.69, 9.17) is 9.05 Å². The van der Waals surface area contributed by atoms with Gasteiger partial charge in [0.1, 0.15) is 13.2 Å². The molecule has 0 bridgehead atoms. The van der Waals surface area contributed by atoms with Gasteiger partial charge in [0.15, 0.2) is 0 Å². The largest absolute Gasteiger partial charge is 0.756 e. The number of phosphoric ester groups is 1. The molecule has 1 unspecified atom stereocenters.